The van der Waals surface area contributed by atoms with Crippen molar-refractivity contribution in [3.63, 3.8) is 0 Å². The zero-order valence-corrected chi connectivity index (χ0v) is 17.9. The van der Waals surface area contributed by atoms with Crippen molar-refractivity contribution in [2.45, 2.75) is 59.3 Å². The van der Waals surface area contributed by atoms with Gasteiger partial charge in [-0.2, -0.15) is 23.4 Å². The number of hydrogen-bond donors (Lipinski definition) is 0. The number of likely N-dealkylation sites (tertiary alicyclic amines) is 1. The fraction of sp³-hybridized carbons (Fsp3) is 0.524. The Labute approximate surface area is 177 Å². The van der Waals surface area contributed by atoms with Crippen LogP contribution in [0, 0.1) is 26.7 Å². The van der Waals surface area contributed by atoms with Crippen LogP contribution < -0.4 is 0 Å². The van der Waals surface area contributed by atoms with Gasteiger partial charge in [0.05, 0.1) is 29.9 Å². The van der Waals surface area contributed by atoms with E-state index in [1.165, 1.54) is 6.92 Å². The van der Waals surface area contributed by atoms with Crippen LogP contribution in [0.1, 0.15) is 54.3 Å². The number of alkyl halides is 3. The highest BCUT2D eigenvalue weighted by molar-refractivity contribution is 5.79. The first-order valence-electron chi connectivity index (χ1n) is 10.3. The Morgan fingerprint density at radius 1 is 1.16 bits per heavy atom. The topological polar surface area (TPSA) is 68.3 Å². The van der Waals surface area contributed by atoms with Crippen LogP contribution in [-0.4, -0.2) is 41.7 Å². The van der Waals surface area contributed by atoms with Gasteiger partial charge in [0.2, 0.25) is 5.91 Å². The molecule has 1 fully saturated rings. The van der Waals surface area contributed by atoms with Crippen LogP contribution in [0.25, 0.3) is 5.65 Å². The van der Waals surface area contributed by atoms with Crippen molar-refractivity contribution in [2.24, 2.45) is 5.92 Å². The van der Waals surface area contributed by atoms with Crippen molar-refractivity contribution < 1.29 is 18.0 Å². The maximum atomic E-state index is 13.5. The lowest BCUT2D eigenvalue weighted by Crippen LogP contribution is -2.36. The third-order valence-electron chi connectivity index (χ3n) is 5.71. The van der Waals surface area contributed by atoms with E-state index in [0.717, 1.165) is 28.4 Å². The van der Waals surface area contributed by atoms with Crippen LogP contribution in [0.2, 0.25) is 0 Å². The largest absolute Gasteiger partial charge is 0.433 e. The minimum absolute atomic E-state index is 0.0488. The second kappa shape index (κ2) is 7.65. The van der Waals surface area contributed by atoms with Gasteiger partial charge in [0.15, 0.2) is 5.65 Å². The number of amides is 1. The molecule has 0 aliphatic carbocycles. The van der Waals surface area contributed by atoms with Crippen molar-refractivity contribution in [3.05, 3.63) is 46.7 Å². The number of carbonyl (C=O) groups excluding carboxylic acids is 1. The van der Waals surface area contributed by atoms with Gasteiger partial charge in [-0.05, 0) is 45.7 Å². The van der Waals surface area contributed by atoms with Crippen LogP contribution in [0.3, 0.4) is 0 Å². The molecule has 0 bridgehead atoms. The summed E-state index contributed by atoms with van der Waals surface area (Å²) in [6, 6.07) is 4.14. The zero-order valence-electron chi connectivity index (χ0n) is 17.9. The lowest BCUT2D eigenvalue weighted by atomic mass is 10.1. The SMILES string of the molecule is Cc1cc(C(F)(F)F)n2nc([C@@H]3CCCN3C(=O)[C@H](C)Cn3nc(C)cc3C)cc2n1. The summed E-state index contributed by atoms with van der Waals surface area (Å²) in [5, 5.41) is 8.64. The van der Waals surface area contributed by atoms with Gasteiger partial charge in [0.25, 0.3) is 0 Å². The third-order valence-corrected chi connectivity index (χ3v) is 5.71. The molecule has 3 aromatic rings. The first-order chi connectivity index (χ1) is 14.5. The van der Waals surface area contributed by atoms with Crippen molar-refractivity contribution in [1.82, 2.24) is 29.3 Å². The molecular formula is C21H25F3N6O. The number of carbonyl (C=O) groups is 1. The van der Waals surface area contributed by atoms with Crippen molar-refractivity contribution >= 4 is 11.6 Å². The van der Waals surface area contributed by atoms with Gasteiger partial charge in [-0.15, -0.1) is 0 Å². The van der Waals surface area contributed by atoms with Crippen LogP contribution in [-0.2, 0) is 17.5 Å². The van der Waals surface area contributed by atoms with Crippen LogP contribution in [0.4, 0.5) is 13.2 Å². The van der Waals surface area contributed by atoms with E-state index in [4.69, 9.17) is 0 Å². The summed E-state index contributed by atoms with van der Waals surface area (Å²) in [6.07, 6.45) is -3.12. The summed E-state index contributed by atoms with van der Waals surface area (Å²) in [7, 11) is 0. The van der Waals surface area contributed by atoms with E-state index in [-0.39, 0.29) is 29.2 Å². The monoisotopic (exact) mass is 434 g/mol. The third kappa shape index (κ3) is 4.03. The molecule has 0 aromatic carbocycles. The van der Waals surface area contributed by atoms with Gasteiger partial charge in [0.1, 0.15) is 5.69 Å². The number of nitrogens with zero attached hydrogens (tertiary/aromatic N) is 6. The van der Waals surface area contributed by atoms with Gasteiger partial charge in [-0.1, -0.05) is 6.92 Å². The standard InChI is InChI=1S/C21H25F3N6O/c1-12(11-29-15(4)8-14(3)26-29)20(31)28-7-5-6-17(28)16-10-19-25-13(2)9-18(21(22,23)24)30(19)27-16/h8-10,12,17H,5-7,11H2,1-4H3/t12-,17+/m1/s1. The van der Waals surface area contributed by atoms with Gasteiger partial charge in [-0.25, -0.2) is 9.50 Å². The van der Waals surface area contributed by atoms with E-state index < -0.39 is 11.9 Å². The highest BCUT2D eigenvalue weighted by atomic mass is 19.4. The highest BCUT2D eigenvalue weighted by Gasteiger charge is 2.37. The molecule has 4 rings (SSSR count). The summed E-state index contributed by atoms with van der Waals surface area (Å²) in [6.45, 7) is 8.22. The fourth-order valence-corrected chi connectivity index (χ4v) is 4.30. The number of fused-ring (bicyclic) bond motifs is 1. The zero-order chi connectivity index (χ0) is 22.5. The number of hydrogen-bond acceptors (Lipinski definition) is 4. The maximum Gasteiger partial charge on any atom is 0.433 e. The van der Waals surface area contributed by atoms with E-state index >= 15 is 0 Å². The summed E-state index contributed by atoms with van der Waals surface area (Å²) in [5.74, 6) is -0.367. The average molecular weight is 434 g/mol. The van der Waals surface area contributed by atoms with E-state index in [0.29, 0.717) is 25.2 Å². The first-order valence-corrected chi connectivity index (χ1v) is 10.3. The van der Waals surface area contributed by atoms with Crippen molar-refractivity contribution in [2.75, 3.05) is 6.54 Å². The summed E-state index contributed by atoms with van der Waals surface area (Å²) in [5.41, 5.74) is 1.85. The van der Waals surface area contributed by atoms with Crippen LogP contribution >= 0.6 is 0 Å². The van der Waals surface area contributed by atoms with Gasteiger partial charge in [0, 0.05) is 24.0 Å². The molecule has 0 N–H and O–H groups in total. The predicted octanol–water partition coefficient (Wildman–Crippen LogP) is 3.87. The summed E-state index contributed by atoms with van der Waals surface area (Å²) >= 11 is 0. The van der Waals surface area contributed by atoms with E-state index in [1.807, 2.05) is 31.5 Å². The second-order valence-corrected chi connectivity index (χ2v) is 8.32. The van der Waals surface area contributed by atoms with Crippen LogP contribution in [0.15, 0.2) is 18.2 Å². The Bertz CT molecular complexity index is 1130. The molecule has 166 valence electrons. The summed E-state index contributed by atoms with van der Waals surface area (Å²) < 4.78 is 43.1. The van der Waals surface area contributed by atoms with Gasteiger partial charge >= 0.3 is 6.18 Å². The Kier molecular flexibility index (Phi) is 5.26. The molecule has 0 radical (unpaired) electrons. The molecule has 31 heavy (non-hydrogen) atoms. The molecule has 0 spiro atoms. The molecule has 0 saturated carbocycles. The minimum Gasteiger partial charge on any atom is -0.334 e. The molecular weight excluding hydrogens is 409 g/mol. The predicted molar refractivity (Wildman–Crippen MR) is 107 cm³/mol. The molecule has 10 heteroatoms. The number of aryl methyl sites for hydroxylation is 3. The second-order valence-electron chi connectivity index (χ2n) is 8.32. The molecule has 3 aromatic heterocycles. The molecule has 2 atom stereocenters. The number of rotatable bonds is 4. The Morgan fingerprint density at radius 3 is 2.55 bits per heavy atom. The Morgan fingerprint density at radius 2 is 1.90 bits per heavy atom. The molecule has 7 nitrogen and oxygen atoms in total. The molecule has 4 heterocycles. The van der Waals surface area contributed by atoms with E-state index in [2.05, 4.69) is 15.2 Å². The fourth-order valence-electron chi connectivity index (χ4n) is 4.30. The average Bonchev–Trinajstić information content (AvgIpc) is 3.37. The van der Waals surface area contributed by atoms with Gasteiger partial charge < -0.3 is 4.90 Å². The maximum absolute atomic E-state index is 13.5. The minimum atomic E-state index is -4.55. The highest BCUT2D eigenvalue weighted by Crippen LogP contribution is 2.35. The van der Waals surface area contributed by atoms with Crippen molar-refractivity contribution in [3.8, 4) is 0 Å². The lowest BCUT2D eigenvalue weighted by Gasteiger charge is -2.26. The Hall–Kier alpha value is -2.91. The lowest BCUT2D eigenvalue weighted by molar-refractivity contribution is -0.143. The number of halogens is 3. The molecule has 0 unspecified atom stereocenters. The molecule has 1 amide bonds. The van der Waals surface area contributed by atoms with E-state index in [9.17, 15) is 18.0 Å². The normalized spacial score (nSPS) is 18.2. The molecule has 1 aliphatic heterocycles. The number of aromatic nitrogens is 5. The molecule has 1 aliphatic rings. The first kappa shape index (κ1) is 21.3. The molecule has 1 saturated heterocycles. The quantitative estimate of drug-likeness (QED) is 0.625. The summed E-state index contributed by atoms with van der Waals surface area (Å²) in [4.78, 5) is 19.1. The van der Waals surface area contributed by atoms with Gasteiger partial charge in [-0.3, -0.25) is 9.48 Å². The Balaban J connectivity index is 1.61. The smallest absolute Gasteiger partial charge is 0.334 e. The van der Waals surface area contributed by atoms with Crippen LogP contribution in [0.5, 0.6) is 0 Å². The van der Waals surface area contributed by atoms with Crippen molar-refractivity contribution in [1.29, 1.82) is 0 Å². The van der Waals surface area contributed by atoms with E-state index in [1.54, 1.807) is 11.0 Å².